The molecule has 14 heavy (non-hydrogen) atoms. The molecule has 0 unspecified atom stereocenters. The van der Waals surface area contributed by atoms with E-state index >= 15 is 0 Å². The second-order valence-corrected chi connectivity index (χ2v) is 3.09. The maximum atomic E-state index is 12.6. The first-order valence-corrected chi connectivity index (χ1v) is 4.47. The van der Waals surface area contributed by atoms with Gasteiger partial charge in [-0.15, -0.1) is 0 Å². The summed E-state index contributed by atoms with van der Waals surface area (Å²) in [5, 5.41) is 0.0826. The number of alkyl halides is 2. The Kier molecular flexibility index (Phi) is 4.04. The predicted molar refractivity (Wildman–Crippen MR) is 54.5 cm³/mol. The van der Waals surface area contributed by atoms with E-state index in [0.717, 1.165) is 0 Å². The number of hydrogen-bond donors (Lipinski definition) is 1. The minimum absolute atomic E-state index is 0.0826. The van der Waals surface area contributed by atoms with Gasteiger partial charge in [0.05, 0.1) is 5.02 Å². The lowest BCUT2D eigenvalue weighted by molar-refractivity contribution is 0.151. The first-order chi connectivity index (χ1) is 6.66. The van der Waals surface area contributed by atoms with Crippen LogP contribution in [0.5, 0.6) is 0 Å². The molecule has 0 radical (unpaired) electrons. The van der Waals surface area contributed by atoms with Gasteiger partial charge in [-0.05, 0) is 11.6 Å². The SMILES string of the molecule is NC/C=C/c1cccc(Cl)c1C(F)F. The third-order valence-electron chi connectivity index (χ3n) is 1.74. The summed E-state index contributed by atoms with van der Waals surface area (Å²) in [6, 6.07) is 4.66. The molecule has 1 aromatic carbocycles. The number of nitrogens with two attached hydrogens (primary N) is 1. The highest BCUT2D eigenvalue weighted by molar-refractivity contribution is 6.31. The van der Waals surface area contributed by atoms with Crippen molar-refractivity contribution in [3.8, 4) is 0 Å². The summed E-state index contributed by atoms with van der Waals surface area (Å²) in [6.07, 6.45) is 0.589. The molecule has 4 heteroatoms. The Morgan fingerprint density at radius 2 is 2.14 bits per heavy atom. The lowest BCUT2D eigenvalue weighted by Crippen LogP contribution is -1.94. The monoisotopic (exact) mass is 217 g/mol. The van der Waals surface area contributed by atoms with E-state index in [0.29, 0.717) is 12.1 Å². The highest BCUT2D eigenvalue weighted by atomic mass is 35.5. The van der Waals surface area contributed by atoms with Gasteiger partial charge >= 0.3 is 0 Å². The maximum Gasteiger partial charge on any atom is 0.265 e. The molecular weight excluding hydrogens is 208 g/mol. The standard InChI is InChI=1S/C10H10ClF2N/c11-8-5-1-3-7(4-2-6-14)9(8)10(12)13/h1-5,10H,6,14H2/b4-2+. The molecular formula is C10H10ClF2N. The Labute approximate surface area is 86.2 Å². The summed E-state index contributed by atoms with van der Waals surface area (Å²) >= 11 is 5.66. The maximum absolute atomic E-state index is 12.6. The average Bonchev–Trinajstić information content (AvgIpc) is 2.14. The minimum atomic E-state index is -2.57. The Bertz CT molecular complexity index is 337. The van der Waals surface area contributed by atoms with Crippen molar-refractivity contribution in [3.63, 3.8) is 0 Å². The third-order valence-corrected chi connectivity index (χ3v) is 2.07. The van der Waals surface area contributed by atoms with Crippen LogP contribution in [-0.2, 0) is 0 Å². The van der Waals surface area contributed by atoms with Crippen molar-refractivity contribution in [2.24, 2.45) is 5.73 Å². The van der Waals surface area contributed by atoms with Crippen molar-refractivity contribution in [2.75, 3.05) is 6.54 Å². The zero-order valence-electron chi connectivity index (χ0n) is 7.38. The first kappa shape index (κ1) is 11.1. The molecule has 0 saturated heterocycles. The Hall–Kier alpha value is -0.930. The largest absolute Gasteiger partial charge is 0.327 e. The molecule has 0 atom stereocenters. The molecule has 1 aromatic rings. The van der Waals surface area contributed by atoms with Gasteiger partial charge in [-0.2, -0.15) is 0 Å². The number of hydrogen-bond acceptors (Lipinski definition) is 1. The lowest BCUT2D eigenvalue weighted by atomic mass is 10.1. The van der Waals surface area contributed by atoms with Gasteiger partial charge in [-0.3, -0.25) is 0 Å². The fourth-order valence-corrected chi connectivity index (χ4v) is 1.39. The van der Waals surface area contributed by atoms with E-state index in [9.17, 15) is 8.78 Å². The van der Waals surface area contributed by atoms with E-state index < -0.39 is 6.43 Å². The van der Waals surface area contributed by atoms with Crippen molar-refractivity contribution in [3.05, 3.63) is 40.4 Å². The van der Waals surface area contributed by atoms with E-state index in [1.54, 1.807) is 24.3 Å². The van der Waals surface area contributed by atoms with Crippen LogP contribution in [0.4, 0.5) is 8.78 Å². The lowest BCUT2D eigenvalue weighted by Gasteiger charge is -2.06. The second-order valence-electron chi connectivity index (χ2n) is 2.68. The van der Waals surface area contributed by atoms with Crippen LogP contribution >= 0.6 is 11.6 Å². The molecule has 0 amide bonds. The van der Waals surface area contributed by atoms with Crippen LogP contribution < -0.4 is 5.73 Å². The number of rotatable bonds is 3. The van der Waals surface area contributed by atoms with Crippen LogP contribution in [0, 0.1) is 0 Å². The molecule has 0 bridgehead atoms. The van der Waals surface area contributed by atoms with E-state index in [1.165, 1.54) is 6.07 Å². The highest BCUT2D eigenvalue weighted by Gasteiger charge is 2.14. The van der Waals surface area contributed by atoms with Gasteiger partial charge in [0.15, 0.2) is 0 Å². The molecule has 0 fully saturated rings. The van der Waals surface area contributed by atoms with Crippen LogP contribution in [0.3, 0.4) is 0 Å². The Morgan fingerprint density at radius 3 is 2.71 bits per heavy atom. The van der Waals surface area contributed by atoms with Crippen molar-refractivity contribution >= 4 is 17.7 Å². The molecule has 0 aromatic heterocycles. The molecule has 0 aliphatic carbocycles. The van der Waals surface area contributed by atoms with Gasteiger partial charge in [-0.1, -0.05) is 35.9 Å². The van der Waals surface area contributed by atoms with Gasteiger partial charge in [0.1, 0.15) is 0 Å². The van der Waals surface area contributed by atoms with Crippen LogP contribution in [0.1, 0.15) is 17.6 Å². The Balaban J connectivity index is 3.14. The summed E-state index contributed by atoms with van der Waals surface area (Å²) in [7, 11) is 0. The van der Waals surface area contributed by atoms with Crippen LogP contribution in [-0.4, -0.2) is 6.54 Å². The molecule has 0 heterocycles. The summed E-state index contributed by atoms with van der Waals surface area (Å²) in [5.74, 6) is 0. The smallest absolute Gasteiger partial charge is 0.265 e. The zero-order chi connectivity index (χ0) is 10.6. The topological polar surface area (TPSA) is 26.0 Å². The quantitative estimate of drug-likeness (QED) is 0.827. The molecule has 2 N–H and O–H groups in total. The summed E-state index contributed by atoms with van der Waals surface area (Å²) in [5.41, 5.74) is 5.51. The van der Waals surface area contributed by atoms with Gasteiger partial charge in [-0.25, -0.2) is 8.78 Å². The summed E-state index contributed by atoms with van der Waals surface area (Å²) in [6.45, 7) is 0.315. The third kappa shape index (κ3) is 2.53. The molecule has 0 aliphatic heterocycles. The van der Waals surface area contributed by atoms with Crippen molar-refractivity contribution < 1.29 is 8.78 Å². The average molecular weight is 218 g/mol. The highest BCUT2D eigenvalue weighted by Crippen LogP contribution is 2.30. The molecule has 0 aliphatic rings. The normalized spacial score (nSPS) is 11.5. The van der Waals surface area contributed by atoms with Crippen molar-refractivity contribution in [1.82, 2.24) is 0 Å². The number of halogens is 3. The number of benzene rings is 1. The Morgan fingerprint density at radius 1 is 1.43 bits per heavy atom. The van der Waals surface area contributed by atoms with Crippen molar-refractivity contribution in [2.45, 2.75) is 6.43 Å². The van der Waals surface area contributed by atoms with E-state index in [2.05, 4.69) is 0 Å². The minimum Gasteiger partial charge on any atom is -0.327 e. The fourth-order valence-electron chi connectivity index (χ4n) is 1.12. The van der Waals surface area contributed by atoms with E-state index in [4.69, 9.17) is 17.3 Å². The van der Waals surface area contributed by atoms with E-state index in [-0.39, 0.29) is 10.6 Å². The summed E-state index contributed by atoms with van der Waals surface area (Å²) < 4.78 is 25.1. The van der Waals surface area contributed by atoms with E-state index in [1.807, 2.05) is 0 Å². The molecule has 0 spiro atoms. The van der Waals surface area contributed by atoms with Gasteiger partial charge in [0.2, 0.25) is 0 Å². The van der Waals surface area contributed by atoms with Crippen LogP contribution in [0.2, 0.25) is 5.02 Å². The van der Waals surface area contributed by atoms with Crippen LogP contribution in [0.15, 0.2) is 24.3 Å². The van der Waals surface area contributed by atoms with Gasteiger partial charge < -0.3 is 5.73 Å². The zero-order valence-corrected chi connectivity index (χ0v) is 8.14. The van der Waals surface area contributed by atoms with Gasteiger partial charge in [0.25, 0.3) is 6.43 Å². The fraction of sp³-hybridized carbons (Fsp3) is 0.200. The molecule has 1 nitrogen and oxygen atoms in total. The van der Waals surface area contributed by atoms with Gasteiger partial charge in [0, 0.05) is 12.1 Å². The second kappa shape index (κ2) is 5.08. The molecule has 76 valence electrons. The van der Waals surface area contributed by atoms with Crippen molar-refractivity contribution in [1.29, 1.82) is 0 Å². The first-order valence-electron chi connectivity index (χ1n) is 4.10. The summed E-state index contributed by atoms with van der Waals surface area (Å²) in [4.78, 5) is 0. The molecule has 1 rings (SSSR count). The molecule has 0 saturated carbocycles. The van der Waals surface area contributed by atoms with Crippen LogP contribution in [0.25, 0.3) is 6.08 Å². The predicted octanol–water partition coefficient (Wildman–Crippen LogP) is 3.25.